The summed E-state index contributed by atoms with van der Waals surface area (Å²) in [5, 5.41) is 15.0. The maximum atomic E-state index is 14.3. The average Bonchev–Trinajstić information content (AvgIpc) is 3.06. The first kappa shape index (κ1) is 34.1. The molecule has 0 saturated heterocycles. The lowest BCUT2D eigenvalue weighted by Crippen LogP contribution is -2.56. The fourth-order valence-corrected chi connectivity index (χ4v) is 5.13. The van der Waals surface area contributed by atoms with E-state index in [2.05, 4.69) is 15.6 Å². The third-order valence-corrected chi connectivity index (χ3v) is 7.29. The second-order valence-electron chi connectivity index (χ2n) is 10.4. The fourth-order valence-electron chi connectivity index (χ4n) is 5.13. The maximum absolute atomic E-state index is 14.3. The number of amidine groups is 1. The second-order valence-corrected chi connectivity index (χ2v) is 10.4. The Morgan fingerprint density at radius 1 is 0.915 bits per heavy atom. The number of carbonyl (C=O) groups is 4. The highest BCUT2D eigenvalue weighted by molar-refractivity contribution is 6.16. The molecule has 5 aromatic rings. The van der Waals surface area contributed by atoms with Crippen molar-refractivity contribution >= 4 is 69.3 Å². The van der Waals surface area contributed by atoms with Crippen LogP contribution in [0.3, 0.4) is 0 Å². The van der Waals surface area contributed by atoms with Gasteiger partial charge in [0.05, 0.1) is 17.7 Å². The highest BCUT2D eigenvalue weighted by atomic mass is 35.5. The van der Waals surface area contributed by atoms with E-state index in [4.69, 9.17) is 15.9 Å². The van der Waals surface area contributed by atoms with Gasteiger partial charge in [0.2, 0.25) is 12.1 Å². The zero-order chi connectivity index (χ0) is 32.8. The third-order valence-electron chi connectivity index (χ3n) is 7.29. The summed E-state index contributed by atoms with van der Waals surface area (Å²) in [5.74, 6) is -2.29. The molecule has 5 N–H and O–H groups in total. The van der Waals surface area contributed by atoms with Crippen molar-refractivity contribution in [3.8, 4) is 0 Å². The molecule has 47 heavy (non-hydrogen) atoms. The van der Waals surface area contributed by atoms with Crippen LogP contribution in [0.5, 0.6) is 0 Å². The number of esters is 1. The van der Waals surface area contributed by atoms with Crippen LogP contribution in [-0.4, -0.2) is 47.3 Å². The van der Waals surface area contributed by atoms with E-state index in [1.807, 2.05) is 12.1 Å². The Labute approximate surface area is 277 Å². The summed E-state index contributed by atoms with van der Waals surface area (Å²) >= 11 is 0. The number of rotatable bonds is 10. The highest BCUT2D eigenvalue weighted by Crippen LogP contribution is 2.29. The smallest absolute Gasteiger partial charge is 0.350 e. The number of carbonyl (C=O) groups excluding carboxylic acids is 4. The number of nitrogens with zero attached hydrogens (tertiary/aromatic N) is 2. The number of pyridine rings is 1. The van der Waals surface area contributed by atoms with Gasteiger partial charge in [0.15, 0.2) is 0 Å². The molecule has 1 aromatic heterocycles. The molecule has 0 aliphatic carbocycles. The van der Waals surface area contributed by atoms with Crippen LogP contribution in [0.25, 0.3) is 21.7 Å². The molecule has 5 rings (SSSR count). The Balaban J connectivity index is 0.00000500. The van der Waals surface area contributed by atoms with Gasteiger partial charge in [0, 0.05) is 41.9 Å². The minimum atomic E-state index is -1.48. The van der Waals surface area contributed by atoms with Gasteiger partial charge in [-0.25, -0.2) is 4.79 Å². The molecule has 0 aliphatic heterocycles. The van der Waals surface area contributed by atoms with Crippen molar-refractivity contribution in [3.63, 3.8) is 0 Å². The SMILES string of the molecule is CCOC(=O)C(NC(C)=O)N(C(=O)c1cccc2cccnc12)c1ccc2c(C(=O)NCc3ccc(C(=N)N)cc3)cccc2c1.Cl. The first-order valence-corrected chi connectivity index (χ1v) is 14.5. The lowest BCUT2D eigenvalue weighted by Gasteiger charge is -2.31. The van der Waals surface area contributed by atoms with Crippen molar-refractivity contribution in [1.82, 2.24) is 15.6 Å². The standard InChI is InChI=1S/C35H32N6O5.ClH/c1-3-46-35(45)32(40-21(2)42)41(34(44)29-11-4-7-23-9-6-18-38-30(23)29)26-16-17-27-25(19-26)8-5-10-28(27)33(43)39-20-22-12-14-24(15-13-22)31(36)37;/h4-19,32H,3,20H2,1-2H3,(H3,36,37)(H,39,43)(H,40,42);1H. The lowest BCUT2D eigenvalue weighted by molar-refractivity contribution is -0.147. The van der Waals surface area contributed by atoms with Gasteiger partial charge in [-0.1, -0.05) is 60.7 Å². The van der Waals surface area contributed by atoms with E-state index >= 15 is 0 Å². The number of nitrogens with two attached hydrogens (primary N) is 1. The van der Waals surface area contributed by atoms with E-state index in [0.717, 1.165) is 10.9 Å². The molecule has 3 amide bonds. The van der Waals surface area contributed by atoms with Crippen LogP contribution in [0.15, 0.2) is 97.2 Å². The molecule has 11 nitrogen and oxygen atoms in total. The summed E-state index contributed by atoms with van der Waals surface area (Å²) in [7, 11) is 0. The Hall–Kier alpha value is -5.81. The van der Waals surface area contributed by atoms with Crippen LogP contribution in [-0.2, 0) is 20.9 Å². The number of aromatic nitrogens is 1. The molecular formula is C35H33ClN6O5. The van der Waals surface area contributed by atoms with Crippen LogP contribution in [0.1, 0.15) is 45.7 Å². The van der Waals surface area contributed by atoms with Gasteiger partial charge >= 0.3 is 5.97 Å². The number of fused-ring (bicyclic) bond motifs is 2. The second kappa shape index (κ2) is 15.0. The first-order valence-electron chi connectivity index (χ1n) is 14.5. The van der Waals surface area contributed by atoms with Crippen LogP contribution in [0, 0.1) is 5.41 Å². The van der Waals surface area contributed by atoms with Crippen molar-refractivity contribution in [3.05, 3.63) is 119 Å². The zero-order valence-corrected chi connectivity index (χ0v) is 26.5. The molecule has 4 aromatic carbocycles. The first-order chi connectivity index (χ1) is 22.2. The monoisotopic (exact) mass is 652 g/mol. The van der Waals surface area contributed by atoms with Gasteiger partial charge in [-0.3, -0.25) is 29.7 Å². The zero-order valence-electron chi connectivity index (χ0n) is 25.7. The number of ether oxygens (including phenoxy) is 1. The molecule has 240 valence electrons. The number of nitrogen functional groups attached to an aromatic ring is 1. The normalized spacial score (nSPS) is 11.2. The molecule has 1 atom stereocenters. The molecule has 0 spiro atoms. The minimum absolute atomic E-state index is 0. The number of hydrogen-bond donors (Lipinski definition) is 4. The molecule has 1 heterocycles. The number of hydrogen-bond acceptors (Lipinski definition) is 7. The maximum Gasteiger partial charge on any atom is 0.350 e. The quantitative estimate of drug-likeness (QED) is 0.0734. The fraction of sp³-hybridized carbons (Fsp3) is 0.143. The number of halogens is 1. The summed E-state index contributed by atoms with van der Waals surface area (Å²) in [6.45, 7) is 3.17. The number of amides is 3. The summed E-state index contributed by atoms with van der Waals surface area (Å²) < 4.78 is 5.27. The minimum Gasteiger partial charge on any atom is -0.463 e. The van der Waals surface area contributed by atoms with E-state index in [1.165, 1.54) is 11.8 Å². The predicted octanol–water partition coefficient (Wildman–Crippen LogP) is 4.70. The predicted molar refractivity (Wildman–Crippen MR) is 183 cm³/mol. The highest BCUT2D eigenvalue weighted by Gasteiger charge is 2.35. The lowest BCUT2D eigenvalue weighted by atomic mass is 10.0. The van der Waals surface area contributed by atoms with Crippen molar-refractivity contribution < 1.29 is 23.9 Å². The molecule has 12 heteroatoms. The van der Waals surface area contributed by atoms with Gasteiger partial charge < -0.3 is 21.1 Å². The third kappa shape index (κ3) is 7.54. The van der Waals surface area contributed by atoms with Gasteiger partial charge in [0.1, 0.15) is 5.84 Å². The van der Waals surface area contributed by atoms with E-state index in [1.54, 1.807) is 92.0 Å². The van der Waals surface area contributed by atoms with E-state index < -0.39 is 23.9 Å². The van der Waals surface area contributed by atoms with Crippen LogP contribution < -0.4 is 21.3 Å². The Morgan fingerprint density at radius 3 is 2.28 bits per heavy atom. The van der Waals surface area contributed by atoms with E-state index in [-0.39, 0.29) is 42.9 Å². The summed E-state index contributed by atoms with van der Waals surface area (Å²) in [6.07, 6.45) is 0.0892. The Kier molecular flexibility index (Phi) is 10.9. The number of nitrogens with one attached hydrogen (secondary N) is 3. The van der Waals surface area contributed by atoms with Crippen molar-refractivity contribution in [2.24, 2.45) is 5.73 Å². The van der Waals surface area contributed by atoms with Crippen LogP contribution >= 0.6 is 12.4 Å². The number of anilines is 1. The van der Waals surface area contributed by atoms with Gasteiger partial charge in [0.25, 0.3) is 11.8 Å². The van der Waals surface area contributed by atoms with Crippen molar-refractivity contribution in [2.75, 3.05) is 11.5 Å². The topological polar surface area (TPSA) is 168 Å². The molecule has 0 fully saturated rings. The van der Waals surface area contributed by atoms with Gasteiger partial charge in [-0.05, 0) is 53.6 Å². The molecule has 0 radical (unpaired) electrons. The molecular weight excluding hydrogens is 620 g/mol. The number of para-hydroxylation sites is 1. The number of benzene rings is 4. The van der Waals surface area contributed by atoms with Gasteiger partial charge in [-0.15, -0.1) is 12.4 Å². The van der Waals surface area contributed by atoms with Crippen LogP contribution in [0.4, 0.5) is 5.69 Å². The largest absolute Gasteiger partial charge is 0.463 e. The summed E-state index contributed by atoms with van der Waals surface area (Å²) in [6, 6.07) is 25.9. The van der Waals surface area contributed by atoms with Crippen molar-refractivity contribution in [1.29, 1.82) is 5.41 Å². The van der Waals surface area contributed by atoms with E-state index in [9.17, 15) is 19.2 Å². The van der Waals surface area contributed by atoms with Crippen molar-refractivity contribution in [2.45, 2.75) is 26.6 Å². The summed E-state index contributed by atoms with van der Waals surface area (Å²) in [5.41, 5.74) is 8.31. The van der Waals surface area contributed by atoms with E-state index in [0.29, 0.717) is 33.1 Å². The van der Waals surface area contributed by atoms with Crippen LogP contribution in [0.2, 0.25) is 0 Å². The van der Waals surface area contributed by atoms with Gasteiger partial charge in [-0.2, -0.15) is 0 Å². The molecule has 0 aliphatic rings. The average molecular weight is 653 g/mol. The molecule has 0 saturated carbocycles. The Bertz CT molecular complexity index is 1980. The molecule has 1 unspecified atom stereocenters. The Morgan fingerprint density at radius 2 is 1.60 bits per heavy atom. The summed E-state index contributed by atoms with van der Waals surface area (Å²) in [4.78, 5) is 58.7. The molecule has 0 bridgehead atoms.